The van der Waals surface area contributed by atoms with E-state index in [1.165, 1.54) is 19.3 Å². The van der Waals surface area contributed by atoms with Gasteiger partial charge in [-0.05, 0) is 48.2 Å². The normalized spacial score (nSPS) is 16.5. The number of aromatic hydroxyl groups is 2. The number of benzene rings is 2. The number of rotatable bonds is 4. The summed E-state index contributed by atoms with van der Waals surface area (Å²) in [5.41, 5.74) is 1.88. The van der Waals surface area contributed by atoms with E-state index in [0.29, 0.717) is 6.42 Å². The highest BCUT2D eigenvalue weighted by Crippen LogP contribution is 2.31. The molecule has 0 aromatic heterocycles. The van der Waals surface area contributed by atoms with Crippen LogP contribution in [0.4, 0.5) is 0 Å². The lowest BCUT2D eigenvalue weighted by atomic mass is 9.87. The molecule has 2 aromatic rings. The van der Waals surface area contributed by atoms with Crippen LogP contribution in [0.1, 0.15) is 55.6 Å². The Bertz CT molecular complexity index is 718. The maximum Gasteiger partial charge on any atom is 0.223 e. The summed E-state index contributed by atoms with van der Waals surface area (Å²) in [5.74, 6) is 0.428. The molecular weight excluding hydrogens is 326 g/mol. The fourth-order valence-electron chi connectivity index (χ4n) is 3.68. The van der Waals surface area contributed by atoms with Gasteiger partial charge in [-0.3, -0.25) is 4.79 Å². The highest BCUT2D eigenvalue weighted by Gasteiger charge is 2.23. The third kappa shape index (κ3) is 4.78. The first-order valence-electron chi connectivity index (χ1n) is 9.49. The van der Waals surface area contributed by atoms with Crippen LogP contribution in [0.2, 0.25) is 0 Å². The van der Waals surface area contributed by atoms with Crippen LogP contribution in [0, 0.1) is 0 Å². The predicted molar refractivity (Wildman–Crippen MR) is 102 cm³/mol. The Morgan fingerprint density at radius 3 is 2.15 bits per heavy atom. The van der Waals surface area contributed by atoms with E-state index in [9.17, 15) is 15.0 Å². The minimum absolute atomic E-state index is 0.138. The first kappa shape index (κ1) is 18.3. The standard InChI is InChI=1S/C22H27NO3/c24-19-11-9-17(10-12-19)21(18-7-6-8-20(25)15-18)16-22(26)23-13-4-2-1-3-5-14-23/h6-12,15,21,24-25H,1-5,13-14,16H2. The highest BCUT2D eigenvalue weighted by molar-refractivity contribution is 5.78. The van der Waals surface area contributed by atoms with E-state index in [4.69, 9.17) is 0 Å². The first-order chi connectivity index (χ1) is 12.6. The number of phenolic OH excluding ortho intramolecular Hbond substituents is 2. The van der Waals surface area contributed by atoms with Crippen LogP contribution in [0.5, 0.6) is 11.5 Å². The van der Waals surface area contributed by atoms with Gasteiger partial charge < -0.3 is 15.1 Å². The van der Waals surface area contributed by atoms with Crippen molar-refractivity contribution in [3.05, 3.63) is 59.7 Å². The van der Waals surface area contributed by atoms with E-state index in [0.717, 1.165) is 37.1 Å². The van der Waals surface area contributed by atoms with Crippen molar-refractivity contribution in [1.29, 1.82) is 0 Å². The van der Waals surface area contributed by atoms with Crippen molar-refractivity contribution in [1.82, 2.24) is 4.90 Å². The molecule has 2 aromatic carbocycles. The minimum Gasteiger partial charge on any atom is -0.508 e. The Hall–Kier alpha value is -2.49. The van der Waals surface area contributed by atoms with Crippen LogP contribution in [-0.2, 0) is 4.79 Å². The molecule has 0 spiro atoms. The molecule has 0 bridgehead atoms. The number of phenols is 2. The van der Waals surface area contributed by atoms with Gasteiger partial charge >= 0.3 is 0 Å². The van der Waals surface area contributed by atoms with Gasteiger partial charge in [0, 0.05) is 25.4 Å². The van der Waals surface area contributed by atoms with E-state index in [2.05, 4.69) is 0 Å². The Morgan fingerprint density at radius 2 is 1.50 bits per heavy atom. The van der Waals surface area contributed by atoms with Crippen LogP contribution in [-0.4, -0.2) is 34.1 Å². The second-order valence-corrected chi connectivity index (χ2v) is 7.09. The maximum atomic E-state index is 13.0. The molecular formula is C22H27NO3. The summed E-state index contributed by atoms with van der Waals surface area (Å²) in [5, 5.41) is 19.5. The van der Waals surface area contributed by atoms with Gasteiger partial charge in [0.05, 0.1) is 0 Å². The summed E-state index contributed by atoms with van der Waals surface area (Å²) in [6.07, 6.45) is 6.16. The molecule has 26 heavy (non-hydrogen) atoms. The maximum absolute atomic E-state index is 13.0. The van der Waals surface area contributed by atoms with Crippen molar-refractivity contribution in [2.75, 3.05) is 13.1 Å². The molecule has 0 aliphatic carbocycles. The van der Waals surface area contributed by atoms with Crippen molar-refractivity contribution in [3.63, 3.8) is 0 Å². The topological polar surface area (TPSA) is 60.8 Å². The zero-order chi connectivity index (χ0) is 18.4. The average Bonchev–Trinajstić information content (AvgIpc) is 2.60. The quantitative estimate of drug-likeness (QED) is 0.856. The van der Waals surface area contributed by atoms with Gasteiger partial charge in [-0.25, -0.2) is 0 Å². The van der Waals surface area contributed by atoms with E-state index in [1.807, 2.05) is 23.1 Å². The number of amides is 1. The lowest BCUT2D eigenvalue weighted by molar-refractivity contribution is -0.131. The third-order valence-electron chi connectivity index (χ3n) is 5.16. The molecule has 1 aliphatic heterocycles. The lowest BCUT2D eigenvalue weighted by Crippen LogP contribution is -2.34. The molecule has 1 amide bonds. The van der Waals surface area contributed by atoms with Crippen molar-refractivity contribution in [2.24, 2.45) is 0 Å². The number of nitrogens with zero attached hydrogens (tertiary/aromatic N) is 1. The second kappa shape index (κ2) is 8.75. The minimum atomic E-state index is -0.138. The predicted octanol–water partition coefficient (Wildman–Crippen LogP) is 4.41. The second-order valence-electron chi connectivity index (χ2n) is 7.09. The monoisotopic (exact) mass is 353 g/mol. The van der Waals surface area contributed by atoms with Gasteiger partial charge in [-0.2, -0.15) is 0 Å². The Balaban J connectivity index is 1.83. The van der Waals surface area contributed by atoms with Gasteiger partial charge in [0.25, 0.3) is 0 Å². The fraction of sp³-hybridized carbons (Fsp3) is 0.409. The summed E-state index contributed by atoms with van der Waals surface area (Å²) >= 11 is 0. The lowest BCUT2D eigenvalue weighted by Gasteiger charge is -2.27. The largest absolute Gasteiger partial charge is 0.508 e. The van der Waals surface area contributed by atoms with Crippen LogP contribution in [0.25, 0.3) is 0 Å². The van der Waals surface area contributed by atoms with Crippen LogP contribution >= 0.6 is 0 Å². The van der Waals surface area contributed by atoms with Crippen LogP contribution in [0.3, 0.4) is 0 Å². The molecule has 1 unspecified atom stereocenters. The summed E-state index contributed by atoms with van der Waals surface area (Å²) in [4.78, 5) is 15.0. The molecule has 1 aliphatic rings. The zero-order valence-corrected chi connectivity index (χ0v) is 15.1. The van der Waals surface area contributed by atoms with Gasteiger partial charge in [0.1, 0.15) is 11.5 Å². The smallest absolute Gasteiger partial charge is 0.223 e. The van der Waals surface area contributed by atoms with Crippen molar-refractivity contribution in [2.45, 2.75) is 44.4 Å². The zero-order valence-electron chi connectivity index (χ0n) is 15.1. The van der Waals surface area contributed by atoms with Crippen LogP contribution in [0.15, 0.2) is 48.5 Å². The fourth-order valence-corrected chi connectivity index (χ4v) is 3.68. The molecule has 4 heteroatoms. The number of hydrogen-bond acceptors (Lipinski definition) is 3. The molecule has 2 N–H and O–H groups in total. The first-order valence-corrected chi connectivity index (χ1v) is 9.49. The molecule has 138 valence electrons. The number of hydrogen-bond donors (Lipinski definition) is 2. The Kier molecular flexibility index (Phi) is 6.16. The van der Waals surface area contributed by atoms with Crippen molar-refractivity contribution in [3.8, 4) is 11.5 Å². The van der Waals surface area contributed by atoms with E-state index in [1.54, 1.807) is 30.3 Å². The Labute approximate surface area is 155 Å². The van der Waals surface area contributed by atoms with Gasteiger partial charge in [-0.1, -0.05) is 43.5 Å². The molecule has 1 atom stereocenters. The van der Waals surface area contributed by atoms with Gasteiger partial charge in [-0.15, -0.1) is 0 Å². The van der Waals surface area contributed by atoms with Crippen LogP contribution < -0.4 is 0 Å². The van der Waals surface area contributed by atoms with E-state index in [-0.39, 0.29) is 23.3 Å². The summed E-state index contributed by atoms with van der Waals surface area (Å²) in [6.45, 7) is 1.67. The van der Waals surface area contributed by atoms with Crippen molar-refractivity contribution >= 4 is 5.91 Å². The number of carbonyl (C=O) groups excluding carboxylic acids is 1. The summed E-state index contributed by atoms with van der Waals surface area (Å²) in [6, 6.07) is 14.1. The molecule has 4 nitrogen and oxygen atoms in total. The number of carbonyl (C=O) groups is 1. The number of likely N-dealkylation sites (tertiary alicyclic amines) is 1. The molecule has 0 saturated carbocycles. The van der Waals surface area contributed by atoms with Gasteiger partial charge in [0.15, 0.2) is 0 Å². The molecule has 0 radical (unpaired) electrons. The summed E-state index contributed by atoms with van der Waals surface area (Å²) in [7, 11) is 0. The molecule has 1 heterocycles. The SMILES string of the molecule is O=C(CC(c1ccc(O)cc1)c1cccc(O)c1)N1CCCCCCC1. The average molecular weight is 353 g/mol. The third-order valence-corrected chi connectivity index (χ3v) is 5.16. The van der Waals surface area contributed by atoms with E-state index < -0.39 is 0 Å². The molecule has 3 rings (SSSR count). The van der Waals surface area contributed by atoms with E-state index >= 15 is 0 Å². The Morgan fingerprint density at radius 1 is 0.846 bits per heavy atom. The molecule has 1 fully saturated rings. The summed E-state index contributed by atoms with van der Waals surface area (Å²) < 4.78 is 0. The molecule has 1 saturated heterocycles. The van der Waals surface area contributed by atoms with Crippen molar-refractivity contribution < 1.29 is 15.0 Å². The van der Waals surface area contributed by atoms with Gasteiger partial charge in [0.2, 0.25) is 5.91 Å². The highest BCUT2D eigenvalue weighted by atomic mass is 16.3.